The quantitative estimate of drug-likeness (QED) is 0.189. The number of hydrogen-bond acceptors (Lipinski definition) is 7. The van der Waals surface area contributed by atoms with Gasteiger partial charge in [-0.3, -0.25) is 9.32 Å². The normalized spacial score (nSPS) is 13.7. The van der Waals surface area contributed by atoms with E-state index in [2.05, 4.69) is 4.52 Å². The average Bonchev–Trinajstić information content (AvgIpc) is 2.82. The van der Waals surface area contributed by atoms with E-state index >= 15 is 0 Å². The number of aryl methyl sites for hydroxylation is 1. The molecule has 5 N–H and O–H groups in total. The number of ether oxygens (including phenoxy) is 1. The van der Waals surface area contributed by atoms with Gasteiger partial charge >= 0.3 is 7.82 Å². The summed E-state index contributed by atoms with van der Waals surface area (Å²) in [5.41, 5.74) is 5.97. The van der Waals surface area contributed by atoms with Crippen LogP contribution < -0.4 is 15.9 Å². The van der Waals surface area contributed by atoms with Gasteiger partial charge in [-0.05, 0) is 66.9 Å². The van der Waals surface area contributed by atoms with Gasteiger partial charge in [-0.1, -0.05) is 17.7 Å². The van der Waals surface area contributed by atoms with E-state index in [0.717, 1.165) is 5.56 Å². The summed E-state index contributed by atoms with van der Waals surface area (Å²) in [6.07, 6.45) is 0.519. The van der Waals surface area contributed by atoms with E-state index in [0.29, 0.717) is 44.9 Å². The lowest BCUT2D eigenvalue weighted by Gasteiger charge is -2.27. The summed E-state index contributed by atoms with van der Waals surface area (Å²) in [5.74, 6) is 1.07. The molecule has 0 saturated carbocycles. The van der Waals surface area contributed by atoms with E-state index in [1.807, 2.05) is 0 Å². The van der Waals surface area contributed by atoms with Crippen molar-refractivity contribution in [2.75, 3.05) is 13.2 Å². The van der Waals surface area contributed by atoms with Gasteiger partial charge in [0.15, 0.2) is 0 Å². The zero-order chi connectivity index (χ0) is 25.2. The minimum atomic E-state index is -4.72. The SMILES string of the molecule is NC(CO)(CCc1ccc2c(=O)c3ccc(Oc4ccc(Cl)cc4)cc3oc2c1)COP(=O)(O)O. The molecule has 4 aromatic rings. The van der Waals surface area contributed by atoms with Crippen molar-refractivity contribution in [1.29, 1.82) is 0 Å². The first kappa shape index (κ1) is 25.3. The fraction of sp³-hybridized carbons (Fsp3) is 0.208. The van der Waals surface area contributed by atoms with Crippen molar-refractivity contribution in [3.63, 3.8) is 0 Å². The molecule has 1 heterocycles. The Morgan fingerprint density at radius 1 is 0.971 bits per heavy atom. The summed E-state index contributed by atoms with van der Waals surface area (Å²) in [7, 11) is -4.72. The molecule has 9 nitrogen and oxygen atoms in total. The summed E-state index contributed by atoms with van der Waals surface area (Å²) in [6, 6.07) is 16.9. The van der Waals surface area contributed by atoms with E-state index in [9.17, 15) is 14.5 Å². The van der Waals surface area contributed by atoms with Crippen molar-refractivity contribution in [2.45, 2.75) is 18.4 Å². The lowest BCUT2D eigenvalue weighted by atomic mass is 9.93. The molecule has 4 rings (SSSR count). The highest BCUT2D eigenvalue weighted by Gasteiger charge is 2.28. The van der Waals surface area contributed by atoms with Crippen LogP contribution in [0.15, 0.2) is 69.9 Å². The molecule has 0 aliphatic rings. The maximum Gasteiger partial charge on any atom is 0.469 e. The van der Waals surface area contributed by atoms with Gasteiger partial charge in [0.05, 0.1) is 29.5 Å². The number of nitrogens with two attached hydrogens (primary N) is 1. The molecule has 0 aliphatic carbocycles. The molecule has 0 aliphatic heterocycles. The fourth-order valence-corrected chi connectivity index (χ4v) is 4.09. The Morgan fingerprint density at radius 3 is 2.26 bits per heavy atom. The topological polar surface area (TPSA) is 152 Å². The highest BCUT2D eigenvalue weighted by Crippen LogP contribution is 2.37. The summed E-state index contributed by atoms with van der Waals surface area (Å²) < 4.78 is 27.3. The molecule has 0 amide bonds. The number of hydrogen-bond donors (Lipinski definition) is 4. The minimum absolute atomic E-state index is 0.173. The van der Waals surface area contributed by atoms with E-state index in [-0.39, 0.29) is 11.8 Å². The summed E-state index contributed by atoms with van der Waals surface area (Å²) in [5, 5.41) is 11.0. The number of benzene rings is 3. The van der Waals surface area contributed by atoms with Crippen LogP contribution in [0.4, 0.5) is 0 Å². The van der Waals surface area contributed by atoms with Gasteiger partial charge in [0.2, 0.25) is 5.43 Å². The van der Waals surface area contributed by atoms with Crippen LogP contribution in [0.25, 0.3) is 21.9 Å². The van der Waals surface area contributed by atoms with Gasteiger partial charge in [0.25, 0.3) is 0 Å². The molecule has 0 bridgehead atoms. The highest BCUT2D eigenvalue weighted by molar-refractivity contribution is 7.46. The first-order chi connectivity index (χ1) is 16.5. The van der Waals surface area contributed by atoms with Crippen molar-refractivity contribution in [3.8, 4) is 11.5 Å². The van der Waals surface area contributed by atoms with Crippen LogP contribution in [0.1, 0.15) is 12.0 Å². The number of halogens is 1. The molecule has 1 aromatic heterocycles. The number of aliphatic hydroxyl groups excluding tert-OH is 1. The number of phosphoric acid groups is 1. The monoisotopic (exact) mass is 519 g/mol. The van der Waals surface area contributed by atoms with Gasteiger partial charge in [-0.15, -0.1) is 0 Å². The fourth-order valence-electron chi connectivity index (χ4n) is 3.54. The smallest absolute Gasteiger partial charge is 0.457 e. The van der Waals surface area contributed by atoms with E-state index in [1.165, 1.54) is 0 Å². The number of rotatable bonds is 9. The van der Waals surface area contributed by atoms with Gasteiger partial charge < -0.3 is 29.8 Å². The first-order valence-electron chi connectivity index (χ1n) is 10.6. The molecular formula is C24H23ClNO8P. The molecule has 0 saturated heterocycles. The highest BCUT2D eigenvalue weighted by atomic mass is 35.5. The molecule has 35 heavy (non-hydrogen) atoms. The predicted octanol–water partition coefficient (Wildman–Crippen LogP) is 4.12. The Hall–Kier alpha value is -2.75. The van der Waals surface area contributed by atoms with Crippen LogP contribution in [-0.2, 0) is 15.5 Å². The van der Waals surface area contributed by atoms with Crippen LogP contribution in [0.5, 0.6) is 11.5 Å². The molecule has 0 fully saturated rings. The number of phosphoric ester groups is 1. The molecule has 1 atom stereocenters. The van der Waals surface area contributed by atoms with Crippen molar-refractivity contribution in [3.05, 3.63) is 81.5 Å². The lowest BCUT2D eigenvalue weighted by molar-refractivity contribution is 0.102. The first-order valence-corrected chi connectivity index (χ1v) is 12.5. The second-order valence-electron chi connectivity index (χ2n) is 8.26. The molecular weight excluding hydrogens is 497 g/mol. The van der Waals surface area contributed by atoms with E-state index in [1.54, 1.807) is 60.7 Å². The zero-order valence-electron chi connectivity index (χ0n) is 18.4. The van der Waals surface area contributed by atoms with Crippen molar-refractivity contribution >= 4 is 41.4 Å². The Morgan fingerprint density at radius 2 is 1.60 bits per heavy atom. The van der Waals surface area contributed by atoms with Crippen molar-refractivity contribution in [1.82, 2.24) is 0 Å². The maximum absolute atomic E-state index is 13.0. The summed E-state index contributed by atoms with van der Waals surface area (Å²) >= 11 is 5.91. The molecule has 184 valence electrons. The summed E-state index contributed by atoms with van der Waals surface area (Å²) in [4.78, 5) is 30.8. The van der Waals surface area contributed by atoms with Crippen LogP contribution in [0.3, 0.4) is 0 Å². The minimum Gasteiger partial charge on any atom is -0.457 e. The Balaban J connectivity index is 1.59. The van der Waals surface area contributed by atoms with Crippen LogP contribution in [-0.4, -0.2) is 33.6 Å². The number of aliphatic hydroxyl groups is 1. The van der Waals surface area contributed by atoms with Crippen LogP contribution in [0.2, 0.25) is 5.02 Å². The van der Waals surface area contributed by atoms with E-state index in [4.69, 9.17) is 36.3 Å². The lowest BCUT2D eigenvalue weighted by Crippen LogP contribution is -2.48. The average molecular weight is 520 g/mol. The molecule has 3 aromatic carbocycles. The molecule has 1 unspecified atom stereocenters. The zero-order valence-corrected chi connectivity index (χ0v) is 20.0. The molecule has 0 radical (unpaired) electrons. The van der Waals surface area contributed by atoms with Gasteiger partial charge in [0, 0.05) is 11.1 Å². The second kappa shape index (κ2) is 10.1. The molecule has 11 heteroatoms. The Labute approximate surface area is 204 Å². The van der Waals surface area contributed by atoms with Crippen LogP contribution in [0, 0.1) is 0 Å². The predicted molar refractivity (Wildman–Crippen MR) is 132 cm³/mol. The third-order valence-corrected chi connectivity index (χ3v) is 6.22. The largest absolute Gasteiger partial charge is 0.469 e. The Kier molecular flexibility index (Phi) is 7.30. The van der Waals surface area contributed by atoms with Gasteiger partial charge in [0.1, 0.15) is 22.7 Å². The third-order valence-electron chi connectivity index (χ3n) is 5.50. The standard InChI is InChI=1S/C24H23ClNO8P/c25-16-2-4-17(5-3-16)33-18-6-8-20-22(12-18)34-21-11-15(1-7-19(21)23(20)28)9-10-24(26,13-27)14-32-35(29,30)31/h1-8,11-12,27H,9-10,13-14,26H2,(H2,29,30,31). The van der Waals surface area contributed by atoms with Gasteiger partial charge in [-0.25, -0.2) is 4.57 Å². The van der Waals surface area contributed by atoms with Crippen LogP contribution >= 0.6 is 19.4 Å². The number of fused-ring (bicyclic) bond motifs is 2. The van der Waals surface area contributed by atoms with Crippen molar-refractivity contribution < 1.29 is 33.1 Å². The third kappa shape index (κ3) is 6.28. The van der Waals surface area contributed by atoms with E-state index < -0.39 is 26.6 Å². The van der Waals surface area contributed by atoms with Crippen molar-refractivity contribution in [2.24, 2.45) is 5.73 Å². The maximum atomic E-state index is 13.0. The molecule has 0 spiro atoms. The second-order valence-corrected chi connectivity index (χ2v) is 9.94. The summed E-state index contributed by atoms with van der Waals surface area (Å²) in [6.45, 7) is -1.05. The van der Waals surface area contributed by atoms with Gasteiger partial charge in [-0.2, -0.15) is 0 Å². The Bertz CT molecular complexity index is 1470.